The zero-order valence-corrected chi connectivity index (χ0v) is 21.2. The molecule has 4 aliphatic rings. The van der Waals surface area contributed by atoms with E-state index in [4.69, 9.17) is 0 Å². The van der Waals surface area contributed by atoms with Crippen LogP contribution in [0.1, 0.15) is 93.4 Å². The van der Waals surface area contributed by atoms with Crippen molar-refractivity contribution < 1.29 is 10.2 Å². The third kappa shape index (κ3) is 3.41. The van der Waals surface area contributed by atoms with E-state index in [1.54, 1.807) is 5.57 Å². The second kappa shape index (κ2) is 8.01. The molecule has 3 fully saturated rings. The van der Waals surface area contributed by atoms with E-state index in [9.17, 15) is 10.2 Å². The quantitative estimate of drug-likeness (QED) is 0.485. The molecule has 0 aromatic rings. The number of hydrogen-bond donors (Lipinski definition) is 2. The van der Waals surface area contributed by atoms with E-state index < -0.39 is 0 Å². The lowest BCUT2D eigenvalue weighted by Crippen LogP contribution is -2.61. The largest absolute Gasteiger partial charge is 0.393 e. The van der Waals surface area contributed by atoms with Crippen LogP contribution in [-0.2, 0) is 0 Å². The van der Waals surface area contributed by atoms with Gasteiger partial charge in [0.2, 0.25) is 0 Å². The Labute approximate surface area is 191 Å². The van der Waals surface area contributed by atoms with Gasteiger partial charge in [-0.3, -0.25) is 0 Å². The van der Waals surface area contributed by atoms with Crippen LogP contribution in [0.5, 0.6) is 0 Å². The van der Waals surface area contributed by atoms with Gasteiger partial charge >= 0.3 is 0 Å². The van der Waals surface area contributed by atoms with Crippen molar-refractivity contribution in [2.24, 2.45) is 51.8 Å². The van der Waals surface area contributed by atoms with Gasteiger partial charge in [-0.1, -0.05) is 72.3 Å². The van der Waals surface area contributed by atoms with Gasteiger partial charge in [0.15, 0.2) is 0 Å². The van der Waals surface area contributed by atoms with Crippen LogP contribution in [0.15, 0.2) is 23.8 Å². The van der Waals surface area contributed by atoms with Crippen molar-refractivity contribution in [1.29, 1.82) is 0 Å². The van der Waals surface area contributed by atoms with Crippen LogP contribution in [0.3, 0.4) is 0 Å². The molecule has 0 aliphatic heterocycles. The van der Waals surface area contributed by atoms with E-state index in [1.165, 1.54) is 12.8 Å². The molecule has 4 aliphatic carbocycles. The molecule has 3 saturated carbocycles. The van der Waals surface area contributed by atoms with Crippen molar-refractivity contribution >= 4 is 0 Å². The molecule has 0 aromatic heterocycles. The summed E-state index contributed by atoms with van der Waals surface area (Å²) >= 11 is 0. The van der Waals surface area contributed by atoms with Crippen molar-refractivity contribution in [1.82, 2.24) is 0 Å². The van der Waals surface area contributed by atoms with Gasteiger partial charge in [0.1, 0.15) is 0 Å². The Morgan fingerprint density at radius 3 is 2.39 bits per heavy atom. The Morgan fingerprint density at radius 1 is 1.00 bits per heavy atom. The third-order valence-corrected chi connectivity index (χ3v) is 11.4. The summed E-state index contributed by atoms with van der Waals surface area (Å²) in [5.41, 5.74) is 1.74. The summed E-state index contributed by atoms with van der Waals surface area (Å²) in [5.74, 6) is 3.61. The monoisotopic (exact) mass is 428 g/mol. The number of aliphatic hydroxyl groups is 2. The van der Waals surface area contributed by atoms with Crippen LogP contribution in [0.2, 0.25) is 0 Å². The first-order valence-electron chi connectivity index (χ1n) is 13.2. The summed E-state index contributed by atoms with van der Waals surface area (Å²) in [6, 6.07) is 0. The normalized spacial score (nSPS) is 49.4. The topological polar surface area (TPSA) is 40.5 Å². The van der Waals surface area contributed by atoms with Gasteiger partial charge in [0, 0.05) is 5.41 Å². The summed E-state index contributed by atoms with van der Waals surface area (Å²) < 4.78 is 0. The van der Waals surface area contributed by atoms with Gasteiger partial charge in [-0.2, -0.15) is 0 Å². The molecule has 0 amide bonds. The summed E-state index contributed by atoms with van der Waals surface area (Å²) in [5, 5.41) is 22.1. The van der Waals surface area contributed by atoms with Gasteiger partial charge in [0.25, 0.3) is 0 Å². The summed E-state index contributed by atoms with van der Waals surface area (Å²) in [7, 11) is 0. The molecule has 176 valence electrons. The molecule has 10 unspecified atom stereocenters. The number of hydrogen-bond acceptors (Lipinski definition) is 2. The second-order valence-electron chi connectivity index (χ2n) is 12.9. The molecule has 31 heavy (non-hydrogen) atoms. The first-order chi connectivity index (χ1) is 14.4. The predicted molar refractivity (Wildman–Crippen MR) is 130 cm³/mol. The highest BCUT2D eigenvalue weighted by Crippen LogP contribution is 2.71. The molecular weight excluding hydrogens is 380 g/mol. The summed E-state index contributed by atoms with van der Waals surface area (Å²) in [4.78, 5) is 0. The zero-order valence-electron chi connectivity index (χ0n) is 21.2. The average Bonchev–Trinajstić information content (AvgIpc) is 3.04. The van der Waals surface area contributed by atoms with Gasteiger partial charge in [-0.25, -0.2) is 0 Å². The third-order valence-electron chi connectivity index (χ3n) is 11.4. The van der Waals surface area contributed by atoms with Crippen LogP contribution < -0.4 is 0 Å². The predicted octanol–water partition coefficient (Wildman–Crippen LogP) is 6.77. The number of allylic oxidation sites excluding steroid dienone is 3. The molecule has 0 saturated heterocycles. The molecule has 2 N–H and O–H groups in total. The maximum atomic E-state index is 11.8. The lowest BCUT2D eigenvalue weighted by molar-refractivity contribution is -0.151. The minimum Gasteiger partial charge on any atom is -0.393 e. The van der Waals surface area contributed by atoms with E-state index in [0.29, 0.717) is 35.5 Å². The second-order valence-corrected chi connectivity index (χ2v) is 12.9. The molecule has 0 bridgehead atoms. The van der Waals surface area contributed by atoms with Crippen LogP contribution in [-0.4, -0.2) is 22.4 Å². The SMILES string of the molecule is CC(C)C(C)C=CC(C)C1CCC2C3=CCC4CC(O)CCC4(C)C3(C)C(O)CC21C. The zero-order chi connectivity index (χ0) is 22.8. The first kappa shape index (κ1) is 23.6. The van der Waals surface area contributed by atoms with Gasteiger partial charge in [-0.15, -0.1) is 0 Å². The van der Waals surface area contributed by atoms with Crippen molar-refractivity contribution in [2.45, 2.75) is 106 Å². The van der Waals surface area contributed by atoms with Crippen molar-refractivity contribution in [3.63, 3.8) is 0 Å². The lowest BCUT2D eigenvalue weighted by Gasteiger charge is -2.65. The Balaban J connectivity index is 1.64. The van der Waals surface area contributed by atoms with Crippen molar-refractivity contribution in [3.05, 3.63) is 23.8 Å². The Hall–Kier alpha value is -0.600. The highest BCUT2D eigenvalue weighted by Gasteiger charge is 2.66. The van der Waals surface area contributed by atoms with Crippen LogP contribution in [0.25, 0.3) is 0 Å². The fourth-order valence-corrected chi connectivity index (χ4v) is 8.56. The molecule has 10 atom stereocenters. The highest BCUT2D eigenvalue weighted by atomic mass is 16.3. The van der Waals surface area contributed by atoms with Crippen LogP contribution in [0.4, 0.5) is 0 Å². The number of aliphatic hydroxyl groups excluding tert-OH is 2. The standard InChI is InChI=1S/C29H48O2/c1-18(2)19(3)8-9-20(4)23-12-13-24-25-11-10-21-16-22(30)14-15-28(21,6)29(25,7)26(31)17-27(23,24)5/h8-9,11,18-24,26,30-31H,10,12-17H2,1-7H3. The molecule has 2 heteroatoms. The maximum absolute atomic E-state index is 11.8. The van der Waals surface area contributed by atoms with Crippen molar-refractivity contribution in [3.8, 4) is 0 Å². The Bertz CT molecular complexity index is 737. The maximum Gasteiger partial charge on any atom is 0.0641 e. The first-order valence-corrected chi connectivity index (χ1v) is 13.2. The Kier molecular flexibility index (Phi) is 6.09. The Morgan fingerprint density at radius 2 is 1.71 bits per heavy atom. The van der Waals surface area contributed by atoms with Crippen LogP contribution >= 0.6 is 0 Å². The van der Waals surface area contributed by atoms with Gasteiger partial charge in [0.05, 0.1) is 12.2 Å². The van der Waals surface area contributed by atoms with Crippen LogP contribution in [0, 0.1) is 51.8 Å². The molecule has 0 radical (unpaired) electrons. The van der Waals surface area contributed by atoms with Gasteiger partial charge < -0.3 is 10.2 Å². The molecule has 0 spiro atoms. The fourth-order valence-electron chi connectivity index (χ4n) is 8.56. The molecule has 2 nitrogen and oxygen atoms in total. The molecule has 0 heterocycles. The number of fused-ring (bicyclic) bond motifs is 5. The number of rotatable bonds is 4. The molecule has 4 rings (SSSR count). The fraction of sp³-hybridized carbons (Fsp3) is 0.862. The smallest absolute Gasteiger partial charge is 0.0641 e. The summed E-state index contributed by atoms with van der Waals surface area (Å²) in [6.07, 6.45) is 14.4. The van der Waals surface area contributed by atoms with E-state index in [2.05, 4.69) is 66.7 Å². The van der Waals surface area contributed by atoms with E-state index in [0.717, 1.165) is 32.1 Å². The molecular formula is C29H48O2. The lowest BCUT2D eigenvalue weighted by atomic mass is 9.40. The summed E-state index contributed by atoms with van der Waals surface area (Å²) in [6.45, 7) is 16.7. The van der Waals surface area contributed by atoms with Gasteiger partial charge in [-0.05, 0) is 91.3 Å². The van der Waals surface area contributed by atoms with Crippen molar-refractivity contribution in [2.75, 3.05) is 0 Å². The molecule has 0 aromatic carbocycles. The minimum absolute atomic E-state index is 0.105. The minimum atomic E-state index is -0.283. The van der Waals surface area contributed by atoms with E-state index in [-0.39, 0.29) is 28.5 Å². The van der Waals surface area contributed by atoms with E-state index in [1.807, 2.05) is 0 Å². The van der Waals surface area contributed by atoms with E-state index >= 15 is 0 Å². The average molecular weight is 429 g/mol. The highest BCUT2D eigenvalue weighted by molar-refractivity contribution is 5.35.